The zero-order valence-electron chi connectivity index (χ0n) is 14.4. The normalized spacial score (nSPS) is 14.8. The molecule has 0 atom stereocenters. The van der Waals surface area contributed by atoms with Gasteiger partial charge in [-0.25, -0.2) is 4.68 Å². The summed E-state index contributed by atoms with van der Waals surface area (Å²) in [6.07, 6.45) is 4.19. The van der Waals surface area contributed by atoms with Crippen LogP contribution in [0.25, 0.3) is 10.8 Å². The maximum Gasteiger partial charge on any atom is 0.274 e. The van der Waals surface area contributed by atoms with Crippen LogP contribution in [0, 0.1) is 6.92 Å². The van der Waals surface area contributed by atoms with Crippen molar-refractivity contribution in [3.05, 3.63) is 50.9 Å². The molecule has 134 valence electrons. The minimum Gasteiger partial charge on any atom is -0.345 e. The lowest BCUT2D eigenvalue weighted by atomic mass is 10.1. The van der Waals surface area contributed by atoms with Crippen LogP contribution in [0.3, 0.4) is 0 Å². The minimum atomic E-state index is -0.220. The first-order valence-electron chi connectivity index (χ1n) is 8.72. The molecule has 0 unspecified atom stereocenters. The lowest BCUT2D eigenvalue weighted by Crippen LogP contribution is -2.30. The van der Waals surface area contributed by atoms with Crippen molar-refractivity contribution in [3.63, 3.8) is 0 Å². The number of aryl methyl sites for hydroxylation is 1. The second-order valence-corrected chi connectivity index (χ2v) is 7.30. The zero-order valence-corrected chi connectivity index (χ0v) is 15.3. The molecule has 1 aromatic carbocycles. The van der Waals surface area contributed by atoms with Crippen LogP contribution in [0.15, 0.2) is 29.1 Å². The Morgan fingerprint density at radius 1 is 1.27 bits per heavy atom. The number of hydrogen-bond donors (Lipinski definition) is 1. The van der Waals surface area contributed by atoms with E-state index in [1.165, 1.54) is 0 Å². The number of hydrogen-bond acceptors (Lipinski definition) is 6. The number of carbonyl (C=O) groups is 1. The van der Waals surface area contributed by atoms with E-state index in [9.17, 15) is 9.59 Å². The van der Waals surface area contributed by atoms with E-state index >= 15 is 0 Å². The maximum absolute atomic E-state index is 12.8. The van der Waals surface area contributed by atoms with E-state index < -0.39 is 0 Å². The minimum absolute atomic E-state index is 0.0509. The summed E-state index contributed by atoms with van der Waals surface area (Å²) in [4.78, 5) is 25.7. The van der Waals surface area contributed by atoms with Crippen molar-refractivity contribution >= 4 is 28.2 Å². The highest BCUT2D eigenvalue weighted by atomic mass is 32.1. The Hall–Kier alpha value is -2.61. The quantitative estimate of drug-likeness (QED) is 0.763. The predicted molar refractivity (Wildman–Crippen MR) is 99.3 cm³/mol. The Labute approximate surface area is 154 Å². The van der Waals surface area contributed by atoms with Crippen molar-refractivity contribution in [2.24, 2.45) is 0 Å². The van der Waals surface area contributed by atoms with Gasteiger partial charge in [0.25, 0.3) is 11.5 Å². The number of carbonyl (C=O) groups excluding carboxylic acids is 1. The van der Waals surface area contributed by atoms with Crippen molar-refractivity contribution in [3.8, 4) is 0 Å². The summed E-state index contributed by atoms with van der Waals surface area (Å²) in [5, 5.41) is 12.8. The molecule has 0 radical (unpaired) electrons. The highest BCUT2D eigenvalue weighted by Gasteiger charge is 2.22. The molecule has 0 spiro atoms. The third-order valence-electron chi connectivity index (χ3n) is 4.85. The Balaban J connectivity index is 1.69. The van der Waals surface area contributed by atoms with E-state index in [-0.39, 0.29) is 24.1 Å². The molecule has 1 N–H and O–H groups in total. The number of nitrogens with zero attached hydrogens (tertiary/aromatic N) is 4. The maximum atomic E-state index is 12.8. The van der Waals surface area contributed by atoms with Gasteiger partial charge in [0.05, 0.1) is 29.4 Å². The van der Waals surface area contributed by atoms with Crippen LogP contribution in [0.2, 0.25) is 0 Å². The number of fused-ring (bicyclic) bond motifs is 1. The fourth-order valence-electron chi connectivity index (χ4n) is 3.48. The Morgan fingerprint density at radius 3 is 2.69 bits per heavy atom. The summed E-state index contributed by atoms with van der Waals surface area (Å²) in [6, 6.07) is 7.59. The molecule has 1 fully saturated rings. The van der Waals surface area contributed by atoms with Crippen molar-refractivity contribution in [2.75, 3.05) is 0 Å². The zero-order chi connectivity index (χ0) is 18.1. The molecule has 8 heteroatoms. The van der Waals surface area contributed by atoms with Gasteiger partial charge in [0.15, 0.2) is 0 Å². The molecule has 2 heterocycles. The fraction of sp³-hybridized carbons (Fsp3) is 0.389. The van der Waals surface area contributed by atoms with Crippen molar-refractivity contribution < 1.29 is 4.79 Å². The van der Waals surface area contributed by atoms with E-state index in [0.29, 0.717) is 21.7 Å². The van der Waals surface area contributed by atoms with Crippen molar-refractivity contribution in [2.45, 2.75) is 45.2 Å². The average Bonchev–Trinajstić information content (AvgIpc) is 3.33. The van der Waals surface area contributed by atoms with Crippen molar-refractivity contribution in [1.29, 1.82) is 0 Å². The van der Waals surface area contributed by atoms with Crippen LogP contribution in [-0.2, 0) is 6.54 Å². The third-order valence-corrected chi connectivity index (χ3v) is 5.68. The molecule has 1 aliphatic rings. The van der Waals surface area contributed by atoms with Gasteiger partial charge in [0.1, 0.15) is 4.88 Å². The number of aromatic nitrogens is 4. The molecule has 7 nitrogen and oxygen atoms in total. The van der Waals surface area contributed by atoms with Gasteiger partial charge in [-0.05, 0) is 37.4 Å². The number of benzene rings is 1. The molecule has 0 aliphatic heterocycles. The highest BCUT2D eigenvalue weighted by molar-refractivity contribution is 7.07. The lowest BCUT2D eigenvalue weighted by Gasteiger charge is -2.16. The molecule has 26 heavy (non-hydrogen) atoms. The molecule has 1 aliphatic carbocycles. The summed E-state index contributed by atoms with van der Waals surface area (Å²) in [7, 11) is 0. The monoisotopic (exact) mass is 369 g/mol. The van der Waals surface area contributed by atoms with Gasteiger partial charge in [-0.2, -0.15) is 5.10 Å². The molecule has 2 aromatic heterocycles. The predicted octanol–water partition coefficient (Wildman–Crippen LogP) is 2.60. The van der Waals surface area contributed by atoms with E-state index in [2.05, 4.69) is 20.0 Å². The summed E-state index contributed by atoms with van der Waals surface area (Å²) in [5.41, 5.74) is 1.27. The van der Waals surface area contributed by atoms with Gasteiger partial charge in [-0.1, -0.05) is 35.5 Å². The van der Waals surface area contributed by atoms with Gasteiger partial charge < -0.3 is 5.32 Å². The van der Waals surface area contributed by atoms with Gasteiger partial charge in [-0.15, -0.1) is 5.10 Å². The van der Waals surface area contributed by atoms with Crippen LogP contribution in [0.5, 0.6) is 0 Å². The van der Waals surface area contributed by atoms with Crippen LogP contribution in [-0.4, -0.2) is 25.3 Å². The Kier molecular flexibility index (Phi) is 4.50. The Bertz CT molecular complexity index is 1020. The third kappa shape index (κ3) is 3.01. The largest absolute Gasteiger partial charge is 0.345 e. The van der Waals surface area contributed by atoms with E-state index in [1.54, 1.807) is 11.6 Å². The second-order valence-electron chi connectivity index (χ2n) is 6.55. The summed E-state index contributed by atoms with van der Waals surface area (Å²) in [6.45, 7) is 2.01. The number of amides is 1. The molecule has 1 saturated carbocycles. The highest BCUT2D eigenvalue weighted by Crippen LogP contribution is 2.28. The summed E-state index contributed by atoms with van der Waals surface area (Å²) < 4.78 is 5.42. The SMILES string of the molecule is Cc1nnsc1C(=O)NCc1nn(C2CCCC2)c(=O)c2ccccc12. The number of nitrogens with one attached hydrogen (secondary N) is 1. The van der Waals surface area contributed by atoms with Crippen molar-refractivity contribution in [1.82, 2.24) is 24.7 Å². The fourth-order valence-corrected chi connectivity index (χ4v) is 4.06. The molecular formula is C18H19N5O2S. The first-order valence-corrected chi connectivity index (χ1v) is 9.50. The van der Waals surface area contributed by atoms with Gasteiger partial charge in [0, 0.05) is 5.39 Å². The van der Waals surface area contributed by atoms with Crippen LogP contribution >= 0.6 is 11.5 Å². The topological polar surface area (TPSA) is 89.8 Å². The number of rotatable bonds is 4. The van der Waals surface area contributed by atoms with Gasteiger partial charge >= 0.3 is 0 Å². The standard InChI is InChI=1S/C18H19N5O2S/c1-11-16(26-22-20-11)17(24)19-10-15-13-8-4-5-9-14(13)18(25)23(21-15)12-6-2-3-7-12/h4-5,8-9,12H,2-3,6-7,10H2,1H3,(H,19,24). The van der Waals surface area contributed by atoms with Crippen LogP contribution < -0.4 is 10.9 Å². The smallest absolute Gasteiger partial charge is 0.274 e. The molecule has 0 bridgehead atoms. The van der Waals surface area contributed by atoms with E-state index in [1.807, 2.05) is 24.3 Å². The van der Waals surface area contributed by atoms with Gasteiger partial charge in [0.2, 0.25) is 0 Å². The van der Waals surface area contributed by atoms with Gasteiger partial charge in [-0.3, -0.25) is 9.59 Å². The summed E-state index contributed by atoms with van der Waals surface area (Å²) >= 11 is 1.07. The molecule has 3 aromatic rings. The molecule has 1 amide bonds. The molecular weight excluding hydrogens is 350 g/mol. The second kappa shape index (κ2) is 6.95. The molecule has 4 rings (SSSR count). The van der Waals surface area contributed by atoms with Crippen LogP contribution in [0.4, 0.5) is 0 Å². The lowest BCUT2D eigenvalue weighted by molar-refractivity contribution is 0.0953. The first kappa shape index (κ1) is 16.8. The summed E-state index contributed by atoms with van der Waals surface area (Å²) in [5.74, 6) is -0.220. The Morgan fingerprint density at radius 2 is 2.00 bits per heavy atom. The molecule has 0 saturated heterocycles. The average molecular weight is 369 g/mol. The van der Waals surface area contributed by atoms with E-state index in [4.69, 9.17) is 0 Å². The van der Waals surface area contributed by atoms with E-state index in [0.717, 1.165) is 42.6 Å². The van der Waals surface area contributed by atoms with Crippen LogP contribution in [0.1, 0.15) is 52.8 Å². The first-order chi connectivity index (χ1) is 12.6.